The van der Waals surface area contributed by atoms with Crippen molar-refractivity contribution >= 4 is 7.32 Å². The number of rotatable bonds is 9. The number of hydrogen-bond acceptors (Lipinski definition) is 3. The molecule has 0 rings (SSSR count). The summed E-state index contributed by atoms with van der Waals surface area (Å²) in [6.07, 6.45) is -15.4. The van der Waals surface area contributed by atoms with Gasteiger partial charge in [0.2, 0.25) is 0 Å². The van der Waals surface area contributed by atoms with Crippen LogP contribution in [-0.4, -0.2) is 71.1 Å². The van der Waals surface area contributed by atoms with E-state index in [0.717, 1.165) is 0 Å². The predicted octanol–water partition coefficient (Wildman–Crippen LogP) is 4.57. The molecule has 0 amide bonds. The molecule has 0 aromatic rings. The van der Waals surface area contributed by atoms with E-state index in [1.165, 1.54) is 0 Å². The summed E-state index contributed by atoms with van der Waals surface area (Å²) < 4.78 is 245. The fourth-order valence-electron chi connectivity index (χ4n) is 1.55. The molecule has 32 heavy (non-hydrogen) atoms. The Bertz CT molecular complexity index is 682. The van der Waals surface area contributed by atoms with Gasteiger partial charge in [-0.05, 0) is 0 Å². The van der Waals surface area contributed by atoms with Gasteiger partial charge in [-0.3, -0.25) is 0 Å². The van der Waals surface area contributed by atoms with Gasteiger partial charge >= 0.3 is 61.1 Å². The Hall–Kier alpha value is -1.39. The Balaban J connectivity index is 6.85. The lowest BCUT2D eigenvalue weighted by Gasteiger charge is -2.43. The van der Waals surface area contributed by atoms with E-state index in [2.05, 4.69) is 0 Å². The fraction of sp³-hybridized carbons (Fsp3) is 1.00. The Morgan fingerprint density at radius 1 is 0.375 bits per heavy atom. The van der Waals surface area contributed by atoms with Gasteiger partial charge in [-0.25, -0.2) is 0 Å². The van der Waals surface area contributed by atoms with E-state index in [-0.39, 0.29) is 0 Å². The molecule has 0 saturated heterocycles. The first-order valence-corrected chi connectivity index (χ1v) is 6.55. The van der Waals surface area contributed by atoms with E-state index in [9.17, 15) is 83.4 Å². The Labute approximate surface area is 160 Å². The molecule has 0 fully saturated rings. The van der Waals surface area contributed by atoms with Gasteiger partial charge in [-0.2, -0.15) is 83.4 Å². The van der Waals surface area contributed by atoms with Crippen LogP contribution in [0.5, 0.6) is 0 Å². The highest BCUT2D eigenvalue weighted by molar-refractivity contribution is 6.32. The quantitative estimate of drug-likeness (QED) is 0.340. The summed E-state index contributed by atoms with van der Waals surface area (Å²) in [5, 5.41) is 15.6. The highest BCUT2D eigenvalue weighted by atomic mass is 19.4. The van der Waals surface area contributed by atoms with Gasteiger partial charge in [0.1, 0.15) is 0 Å². The molecule has 192 valence electrons. The topological polar surface area (TPSA) is 49.7 Å². The molecule has 0 saturated carbocycles. The lowest BCUT2D eigenvalue weighted by atomic mass is 9.88. The standard InChI is InChI=1S/C9H2BF19O3/c11-1(12,2(13,14)4(17,18)6(21,22)8(25,26)27)3(15,16)5(19,20)7(23,24)9(28,29)32-10(30)31/h30-31H. The van der Waals surface area contributed by atoms with Crippen molar-refractivity contribution in [2.45, 2.75) is 53.7 Å². The lowest BCUT2D eigenvalue weighted by Crippen LogP contribution is -2.76. The van der Waals surface area contributed by atoms with Crippen LogP contribution in [-0.2, 0) is 4.65 Å². The molecule has 0 aliphatic rings. The van der Waals surface area contributed by atoms with Crippen LogP contribution in [0.3, 0.4) is 0 Å². The van der Waals surface area contributed by atoms with Crippen molar-refractivity contribution in [3.63, 3.8) is 0 Å². The SMILES string of the molecule is OB(O)OC(F)(F)C(F)(F)C(F)(F)C(F)(F)C(F)(F)C(F)(F)C(F)(F)C(F)(F)C(F)(F)F. The van der Waals surface area contributed by atoms with Crippen LogP contribution in [0, 0.1) is 0 Å². The minimum atomic E-state index is -9.04. The summed E-state index contributed by atoms with van der Waals surface area (Å²) in [5.41, 5.74) is 0. The van der Waals surface area contributed by atoms with Crippen molar-refractivity contribution in [3.8, 4) is 0 Å². The third kappa shape index (κ3) is 3.82. The van der Waals surface area contributed by atoms with Crippen LogP contribution in [0.1, 0.15) is 0 Å². The summed E-state index contributed by atoms with van der Waals surface area (Å²) in [4.78, 5) is 0. The molecular weight excluding hydrogens is 528 g/mol. The zero-order valence-corrected chi connectivity index (χ0v) is 13.6. The zero-order chi connectivity index (χ0) is 26.8. The summed E-state index contributed by atoms with van der Waals surface area (Å²) in [6.45, 7) is 0. The highest BCUT2D eigenvalue weighted by Gasteiger charge is 2.97. The van der Waals surface area contributed by atoms with Gasteiger partial charge in [0.25, 0.3) is 0 Å². The zero-order valence-electron chi connectivity index (χ0n) is 13.6. The summed E-state index contributed by atoms with van der Waals surface area (Å²) in [6, 6.07) is 0. The Morgan fingerprint density at radius 2 is 0.594 bits per heavy atom. The van der Waals surface area contributed by atoms with Crippen molar-refractivity contribution in [3.05, 3.63) is 0 Å². The molecule has 0 aromatic heterocycles. The second-order valence-corrected chi connectivity index (χ2v) is 5.48. The highest BCUT2D eigenvalue weighted by Crippen LogP contribution is 2.65. The smallest absolute Gasteiger partial charge is 0.402 e. The summed E-state index contributed by atoms with van der Waals surface area (Å²) in [5.74, 6) is -61.1. The van der Waals surface area contributed by atoms with Crippen LogP contribution >= 0.6 is 0 Å². The van der Waals surface area contributed by atoms with Crippen molar-refractivity contribution in [2.24, 2.45) is 0 Å². The Kier molecular flexibility index (Phi) is 7.24. The van der Waals surface area contributed by atoms with Crippen molar-refractivity contribution < 1.29 is 98.1 Å². The van der Waals surface area contributed by atoms with E-state index in [1.807, 2.05) is 4.65 Å². The van der Waals surface area contributed by atoms with Crippen LogP contribution in [0.15, 0.2) is 0 Å². The van der Waals surface area contributed by atoms with Crippen molar-refractivity contribution in [2.75, 3.05) is 0 Å². The van der Waals surface area contributed by atoms with Gasteiger partial charge in [0.05, 0.1) is 0 Å². The first-order chi connectivity index (χ1) is 13.4. The molecule has 0 atom stereocenters. The van der Waals surface area contributed by atoms with Gasteiger partial charge < -0.3 is 14.7 Å². The average molecular weight is 530 g/mol. The second-order valence-electron chi connectivity index (χ2n) is 5.48. The molecule has 0 unspecified atom stereocenters. The summed E-state index contributed by atoms with van der Waals surface area (Å²) in [7, 11) is -4.28. The van der Waals surface area contributed by atoms with Crippen LogP contribution < -0.4 is 0 Å². The maximum atomic E-state index is 13.2. The molecule has 3 nitrogen and oxygen atoms in total. The van der Waals surface area contributed by atoms with Crippen molar-refractivity contribution in [1.29, 1.82) is 0 Å². The second kappa shape index (κ2) is 7.57. The van der Waals surface area contributed by atoms with E-state index < -0.39 is 61.1 Å². The van der Waals surface area contributed by atoms with E-state index in [1.54, 1.807) is 0 Å². The number of hydrogen-bond donors (Lipinski definition) is 2. The average Bonchev–Trinajstić information content (AvgIpc) is 2.51. The first kappa shape index (κ1) is 30.6. The molecule has 0 aromatic carbocycles. The molecule has 0 heterocycles. The van der Waals surface area contributed by atoms with Gasteiger partial charge in [-0.1, -0.05) is 0 Å². The molecule has 0 aliphatic heterocycles. The van der Waals surface area contributed by atoms with E-state index in [4.69, 9.17) is 10.0 Å². The molecule has 2 N–H and O–H groups in total. The van der Waals surface area contributed by atoms with E-state index >= 15 is 0 Å². The van der Waals surface area contributed by atoms with Gasteiger partial charge in [0, 0.05) is 0 Å². The van der Waals surface area contributed by atoms with E-state index in [0.29, 0.717) is 0 Å². The Morgan fingerprint density at radius 3 is 0.812 bits per heavy atom. The van der Waals surface area contributed by atoms with Crippen LogP contribution in [0.2, 0.25) is 0 Å². The number of halogens is 19. The molecule has 23 heteroatoms. The third-order valence-corrected chi connectivity index (χ3v) is 3.34. The molecular formula is C9H2BF19O3. The van der Waals surface area contributed by atoms with Gasteiger partial charge in [-0.15, -0.1) is 0 Å². The lowest BCUT2D eigenvalue weighted by molar-refractivity contribution is -0.477. The van der Waals surface area contributed by atoms with Crippen LogP contribution in [0.4, 0.5) is 83.4 Å². The first-order valence-electron chi connectivity index (χ1n) is 6.55. The minimum absolute atomic E-state index is 1.91. The monoisotopic (exact) mass is 530 g/mol. The predicted molar refractivity (Wildman–Crippen MR) is 56.9 cm³/mol. The van der Waals surface area contributed by atoms with Crippen LogP contribution in [0.25, 0.3) is 0 Å². The normalized spacial score (nSPS) is 16.4. The number of alkyl halides is 19. The molecule has 0 bridgehead atoms. The summed E-state index contributed by atoms with van der Waals surface area (Å²) >= 11 is 0. The molecule has 0 aliphatic carbocycles. The minimum Gasteiger partial charge on any atom is -0.402 e. The molecule has 0 radical (unpaired) electrons. The third-order valence-electron chi connectivity index (χ3n) is 3.34. The maximum Gasteiger partial charge on any atom is 0.638 e. The fourth-order valence-corrected chi connectivity index (χ4v) is 1.55. The largest absolute Gasteiger partial charge is 0.638 e. The van der Waals surface area contributed by atoms with Gasteiger partial charge in [0.15, 0.2) is 0 Å². The van der Waals surface area contributed by atoms with Crippen molar-refractivity contribution in [1.82, 2.24) is 0 Å². The molecule has 0 spiro atoms. The maximum absolute atomic E-state index is 13.2.